The van der Waals surface area contributed by atoms with E-state index >= 15 is 0 Å². The summed E-state index contributed by atoms with van der Waals surface area (Å²) in [7, 11) is 1.83. The lowest BCUT2D eigenvalue weighted by atomic mass is 10.3. The van der Waals surface area contributed by atoms with E-state index in [0.717, 1.165) is 28.8 Å². The molecule has 4 rings (SSSR count). The molecular weight excluding hydrogens is 357 g/mol. The van der Waals surface area contributed by atoms with Gasteiger partial charge in [-0.2, -0.15) is 13.2 Å². The summed E-state index contributed by atoms with van der Waals surface area (Å²) in [5.74, 6) is 0.833. The summed E-state index contributed by atoms with van der Waals surface area (Å²) >= 11 is 0. The summed E-state index contributed by atoms with van der Waals surface area (Å²) in [5, 5.41) is 0. The van der Waals surface area contributed by atoms with E-state index in [2.05, 4.69) is 19.9 Å². The van der Waals surface area contributed by atoms with Crippen LogP contribution in [0.3, 0.4) is 0 Å². The van der Waals surface area contributed by atoms with Gasteiger partial charge in [0.25, 0.3) is 0 Å². The molecule has 0 radical (unpaired) electrons. The van der Waals surface area contributed by atoms with Gasteiger partial charge in [0, 0.05) is 26.2 Å². The second kappa shape index (κ2) is 6.49. The minimum Gasteiger partial charge on any atom is -0.357 e. The third kappa shape index (κ3) is 3.27. The number of para-hydroxylation sites is 2. The molecule has 27 heavy (non-hydrogen) atoms. The second-order valence-electron chi connectivity index (χ2n) is 6.10. The predicted octanol–water partition coefficient (Wildman–Crippen LogP) is 3.37. The molecule has 0 aliphatic heterocycles. The highest BCUT2D eigenvalue weighted by atomic mass is 19.4. The minimum absolute atomic E-state index is 0.141. The van der Waals surface area contributed by atoms with Gasteiger partial charge in [0.05, 0.1) is 23.6 Å². The van der Waals surface area contributed by atoms with Crippen LogP contribution in [0.1, 0.15) is 11.5 Å². The zero-order valence-corrected chi connectivity index (χ0v) is 14.4. The molecule has 4 aromatic rings. The summed E-state index contributed by atoms with van der Waals surface area (Å²) in [5.41, 5.74) is 1.63. The van der Waals surface area contributed by atoms with Crippen molar-refractivity contribution < 1.29 is 13.2 Å². The third-order valence-corrected chi connectivity index (χ3v) is 4.26. The predicted molar refractivity (Wildman–Crippen MR) is 94.5 cm³/mol. The molecule has 0 aliphatic carbocycles. The maximum Gasteiger partial charge on any atom is 0.433 e. The summed E-state index contributed by atoms with van der Waals surface area (Å²) in [6.07, 6.45) is 0.343. The van der Waals surface area contributed by atoms with Crippen LogP contribution in [0.4, 0.5) is 19.0 Å². The van der Waals surface area contributed by atoms with Crippen molar-refractivity contribution >= 4 is 22.4 Å². The Morgan fingerprint density at radius 2 is 1.89 bits per heavy atom. The number of imidazole rings is 1. The SMILES string of the molecule is CN(CCc1nccc(C(F)(F)F)n1)c1nc2ccccc2n2cncc12. The Hall–Kier alpha value is -3.23. The molecule has 3 heterocycles. The zero-order chi connectivity index (χ0) is 19.0. The van der Waals surface area contributed by atoms with Crippen molar-refractivity contribution in [2.45, 2.75) is 12.6 Å². The number of fused-ring (bicyclic) bond motifs is 3. The molecule has 0 aliphatic rings. The van der Waals surface area contributed by atoms with Crippen LogP contribution >= 0.6 is 0 Å². The number of hydrogen-bond acceptors (Lipinski definition) is 5. The number of anilines is 1. The van der Waals surface area contributed by atoms with Crippen molar-refractivity contribution in [3.63, 3.8) is 0 Å². The van der Waals surface area contributed by atoms with Crippen LogP contribution in [0.15, 0.2) is 49.1 Å². The molecule has 0 saturated carbocycles. The smallest absolute Gasteiger partial charge is 0.357 e. The van der Waals surface area contributed by atoms with Crippen LogP contribution < -0.4 is 4.90 Å². The lowest BCUT2D eigenvalue weighted by Crippen LogP contribution is -2.23. The van der Waals surface area contributed by atoms with E-state index in [1.54, 1.807) is 12.5 Å². The number of alkyl halides is 3. The average molecular weight is 372 g/mol. The number of halogens is 3. The maximum absolute atomic E-state index is 12.8. The fourth-order valence-corrected chi connectivity index (χ4v) is 2.92. The van der Waals surface area contributed by atoms with Gasteiger partial charge in [0.15, 0.2) is 5.82 Å². The second-order valence-corrected chi connectivity index (χ2v) is 6.10. The topological polar surface area (TPSA) is 59.2 Å². The molecule has 0 N–H and O–H groups in total. The van der Waals surface area contributed by atoms with E-state index in [-0.39, 0.29) is 12.2 Å². The maximum atomic E-state index is 12.8. The Balaban J connectivity index is 1.62. The van der Waals surface area contributed by atoms with Gasteiger partial charge in [-0.25, -0.2) is 19.9 Å². The number of aromatic nitrogens is 5. The third-order valence-electron chi connectivity index (χ3n) is 4.26. The van der Waals surface area contributed by atoms with Crippen LogP contribution in [0.5, 0.6) is 0 Å². The zero-order valence-electron chi connectivity index (χ0n) is 14.4. The molecule has 138 valence electrons. The number of benzene rings is 1. The van der Waals surface area contributed by atoms with E-state index in [1.165, 1.54) is 0 Å². The molecule has 1 aromatic carbocycles. The molecule has 3 aromatic heterocycles. The molecule has 0 fully saturated rings. The van der Waals surface area contributed by atoms with Crippen molar-refractivity contribution in [2.75, 3.05) is 18.5 Å². The summed E-state index contributed by atoms with van der Waals surface area (Å²) in [6.45, 7) is 0.410. The highest BCUT2D eigenvalue weighted by molar-refractivity contribution is 5.84. The lowest BCUT2D eigenvalue weighted by Gasteiger charge is -2.19. The van der Waals surface area contributed by atoms with Gasteiger partial charge in [-0.1, -0.05) is 12.1 Å². The molecule has 6 nitrogen and oxygen atoms in total. The Kier molecular flexibility index (Phi) is 4.14. The highest BCUT2D eigenvalue weighted by Crippen LogP contribution is 2.27. The van der Waals surface area contributed by atoms with Gasteiger partial charge in [-0.3, -0.25) is 4.40 Å². The van der Waals surface area contributed by atoms with Crippen LogP contribution in [0, 0.1) is 0 Å². The van der Waals surface area contributed by atoms with Crippen LogP contribution in [0.25, 0.3) is 16.6 Å². The van der Waals surface area contributed by atoms with E-state index in [1.807, 2.05) is 40.6 Å². The van der Waals surface area contributed by atoms with Gasteiger partial charge in [-0.15, -0.1) is 0 Å². The van der Waals surface area contributed by atoms with Crippen molar-refractivity contribution in [1.82, 2.24) is 24.3 Å². The Morgan fingerprint density at radius 3 is 2.70 bits per heavy atom. The standard InChI is InChI=1S/C18H15F3N6/c1-26(9-7-16-23-8-6-15(25-16)18(19,20)21)17-14-10-22-11-27(14)13-5-3-2-4-12(13)24-17/h2-6,8,10-11H,7,9H2,1H3. The largest absolute Gasteiger partial charge is 0.433 e. The van der Waals surface area contributed by atoms with E-state index in [0.29, 0.717) is 12.4 Å². The minimum atomic E-state index is -4.48. The van der Waals surface area contributed by atoms with Crippen molar-refractivity contribution in [3.8, 4) is 0 Å². The Labute approximate surface area is 152 Å². The van der Waals surface area contributed by atoms with Gasteiger partial charge in [0.1, 0.15) is 17.0 Å². The number of rotatable bonds is 4. The first-order valence-electron chi connectivity index (χ1n) is 8.24. The molecule has 0 bridgehead atoms. The van der Waals surface area contributed by atoms with Crippen LogP contribution in [-0.2, 0) is 12.6 Å². The number of likely N-dealkylation sites (N-methyl/N-ethyl adjacent to an activating group) is 1. The number of nitrogens with zero attached hydrogens (tertiary/aromatic N) is 6. The lowest BCUT2D eigenvalue weighted by molar-refractivity contribution is -0.141. The van der Waals surface area contributed by atoms with E-state index in [9.17, 15) is 13.2 Å². The first-order valence-corrected chi connectivity index (χ1v) is 8.24. The van der Waals surface area contributed by atoms with E-state index < -0.39 is 11.9 Å². The quantitative estimate of drug-likeness (QED) is 0.550. The summed E-state index contributed by atoms with van der Waals surface area (Å²) < 4.78 is 40.3. The van der Waals surface area contributed by atoms with Crippen LogP contribution in [-0.4, -0.2) is 37.9 Å². The summed E-state index contributed by atoms with van der Waals surface area (Å²) in [4.78, 5) is 18.3. The first kappa shape index (κ1) is 17.2. The molecule has 9 heteroatoms. The fraction of sp³-hybridized carbons (Fsp3) is 0.222. The Bertz CT molecular complexity index is 1110. The molecule has 0 saturated heterocycles. The molecule has 0 spiro atoms. The normalized spacial score (nSPS) is 12.0. The first-order chi connectivity index (χ1) is 12.9. The highest BCUT2D eigenvalue weighted by Gasteiger charge is 2.32. The Morgan fingerprint density at radius 1 is 1.07 bits per heavy atom. The van der Waals surface area contributed by atoms with Gasteiger partial charge in [0.2, 0.25) is 0 Å². The van der Waals surface area contributed by atoms with E-state index in [4.69, 9.17) is 0 Å². The van der Waals surface area contributed by atoms with Crippen molar-refractivity contribution in [3.05, 3.63) is 60.6 Å². The average Bonchev–Trinajstić information content (AvgIpc) is 3.15. The van der Waals surface area contributed by atoms with Gasteiger partial charge < -0.3 is 4.90 Å². The molecule has 0 atom stereocenters. The van der Waals surface area contributed by atoms with Crippen LogP contribution in [0.2, 0.25) is 0 Å². The van der Waals surface area contributed by atoms with Crippen molar-refractivity contribution in [1.29, 1.82) is 0 Å². The molecule has 0 amide bonds. The van der Waals surface area contributed by atoms with Gasteiger partial charge >= 0.3 is 6.18 Å². The molecular formula is C18H15F3N6. The monoisotopic (exact) mass is 372 g/mol. The fourth-order valence-electron chi connectivity index (χ4n) is 2.92. The van der Waals surface area contributed by atoms with Gasteiger partial charge in [-0.05, 0) is 18.2 Å². The summed E-state index contributed by atoms with van der Waals surface area (Å²) in [6, 6.07) is 8.56. The number of hydrogen-bond donors (Lipinski definition) is 0. The molecule has 0 unspecified atom stereocenters. The van der Waals surface area contributed by atoms with Crippen molar-refractivity contribution in [2.24, 2.45) is 0 Å².